The summed E-state index contributed by atoms with van der Waals surface area (Å²) in [4.78, 5) is 11.5. The van der Waals surface area contributed by atoms with Crippen LogP contribution in [-0.4, -0.2) is 23.1 Å². The Balaban J connectivity index is 1.51. The highest BCUT2D eigenvalue weighted by Crippen LogP contribution is 2.38. The number of anilines is 1. The van der Waals surface area contributed by atoms with Gasteiger partial charge in [-0.25, -0.2) is 9.97 Å². The molecule has 2 aromatic carbocycles. The molecule has 3 heterocycles. The third-order valence-corrected chi connectivity index (χ3v) is 6.08. The Morgan fingerprint density at radius 1 is 0.971 bits per heavy atom. The van der Waals surface area contributed by atoms with Gasteiger partial charge in [-0.3, -0.25) is 0 Å². The van der Waals surface area contributed by atoms with E-state index in [4.69, 9.17) is 4.74 Å². The van der Waals surface area contributed by atoms with Crippen LogP contribution >= 0.6 is 0 Å². The lowest BCUT2D eigenvalue weighted by molar-refractivity contribution is 0.440. The number of hydrogen-bond donors (Lipinski definition) is 0. The van der Waals surface area contributed by atoms with Crippen molar-refractivity contribution >= 4 is 22.9 Å². The topological polar surface area (TPSA) is 62.0 Å². The number of aryl methyl sites for hydroxylation is 2. The Labute approximate surface area is 200 Å². The average Bonchev–Trinajstić information content (AvgIpc) is 3.38. The molecule has 3 aromatic rings. The third-order valence-electron chi connectivity index (χ3n) is 6.08. The normalized spacial score (nSPS) is 16.6. The van der Waals surface area contributed by atoms with Crippen molar-refractivity contribution in [1.82, 2.24) is 9.97 Å². The van der Waals surface area contributed by atoms with Gasteiger partial charge in [0.1, 0.15) is 23.2 Å². The van der Waals surface area contributed by atoms with Crippen LogP contribution in [0.3, 0.4) is 0 Å². The number of nitrogens with zero attached hydrogens (tertiary/aromatic N) is 4. The second-order valence-corrected chi connectivity index (χ2v) is 8.64. The monoisotopic (exact) mass is 446 g/mol. The van der Waals surface area contributed by atoms with Gasteiger partial charge < -0.3 is 9.64 Å². The van der Waals surface area contributed by atoms with Gasteiger partial charge in [-0.1, -0.05) is 36.4 Å². The first kappa shape index (κ1) is 21.7. The molecule has 2 aliphatic heterocycles. The zero-order valence-corrected chi connectivity index (χ0v) is 19.5. The highest BCUT2D eigenvalue weighted by atomic mass is 16.5. The molecule has 5 heteroatoms. The van der Waals surface area contributed by atoms with Crippen molar-refractivity contribution in [3.63, 3.8) is 0 Å². The molecule has 0 aliphatic carbocycles. The van der Waals surface area contributed by atoms with Crippen LogP contribution in [-0.2, 0) is 0 Å². The molecule has 0 saturated carbocycles. The van der Waals surface area contributed by atoms with Crippen molar-refractivity contribution in [2.75, 3.05) is 18.0 Å². The Morgan fingerprint density at radius 2 is 1.68 bits per heavy atom. The van der Waals surface area contributed by atoms with E-state index in [1.807, 2.05) is 62.4 Å². The van der Waals surface area contributed by atoms with E-state index in [0.717, 1.165) is 41.2 Å². The van der Waals surface area contributed by atoms with Crippen LogP contribution in [0.2, 0.25) is 0 Å². The Hall–Kier alpha value is -4.17. The molecule has 2 aliphatic rings. The van der Waals surface area contributed by atoms with Gasteiger partial charge in [-0.2, -0.15) is 5.26 Å². The number of rotatable bonds is 4. The van der Waals surface area contributed by atoms with Crippen molar-refractivity contribution in [3.8, 4) is 11.8 Å². The predicted molar refractivity (Wildman–Crippen MR) is 136 cm³/mol. The van der Waals surface area contributed by atoms with Crippen molar-refractivity contribution in [2.24, 2.45) is 0 Å². The lowest BCUT2D eigenvalue weighted by atomic mass is 9.96. The summed E-state index contributed by atoms with van der Waals surface area (Å²) in [7, 11) is 0. The number of aromatic nitrogens is 2. The van der Waals surface area contributed by atoms with Gasteiger partial charge in [0.25, 0.3) is 0 Å². The summed E-state index contributed by atoms with van der Waals surface area (Å²) in [5, 5.41) is 10.1. The first-order valence-electron chi connectivity index (χ1n) is 11.6. The van der Waals surface area contributed by atoms with E-state index >= 15 is 0 Å². The number of hydrogen-bond acceptors (Lipinski definition) is 5. The summed E-state index contributed by atoms with van der Waals surface area (Å²) in [6, 6.07) is 20.6. The molecule has 1 aromatic heterocycles. The van der Waals surface area contributed by atoms with Crippen LogP contribution in [0.25, 0.3) is 17.2 Å². The van der Waals surface area contributed by atoms with Crippen molar-refractivity contribution < 1.29 is 4.74 Å². The van der Waals surface area contributed by atoms with Crippen LogP contribution in [0.4, 0.5) is 5.69 Å². The van der Waals surface area contributed by atoms with Gasteiger partial charge in [0, 0.05) is 41.3 Å². The average molecular weight is 447 g/mol. The zero-order chi connectivity index (χ0) is 23.5. The molecular weight excluding hydrogens is 420 g/mol. The summed E-state index contributed by atoms with van der Waals surface area (Å²) >= 11 is 0. The van der Waals surface area contributed by atoms with Crippen molar-refractivity contribution in [1.29, 1.82) is 5.26 Å². The first-order valence-corrected chi connectivity index (χ1v) is 11.6. The highest BCUT2D eigenvalue weighted by Gasteiger charge is 2.21. The fourth-order valence-corrected chi connectivity index (χ4v) is 4.46. The zero-order valence-electron chi connectivity index (χ0n) is 19.5. The number of fused-ring (bicyclic) bond motifs is 1. The smallest absolute Gasteiger partial charge is 0.171 e. The van der Waals surface area contributed by atoms with Crippen LogP contribution in [0.15, 0.2) is 72.5 Å². The highest BCUT2D eigenvalue weighted by molar-refractivity contribution is 6.02. The first-order chi connectivity index (χ1) is 16.6. The molecular formula is C29H26N4O. The Bertz CT molecular complexity index is 1330. The second-order valence-electron chi connectivity index (χ2n) is 8.64. The minimum atomic E-state index is 0.434. The molecule has 34 heavy (non-hydrogen) atoms. The predicted octanol–water partition coefficient (Wildman–Crippen LogP) is 6.12. The molecule has 1 fully saturated rings. The Morgan fingerprint density at radius 3 is 2.38 bits per heavy atom. The second kappa shape index (κ2) is 9.36. The minimum absolute atomic E-state index is 0.434. The van der Waals surface area contributed by atoms with E-state index in [2.05, 4.69) is 45.2 Å². The lowest BCUT2D eigenvalue weighted by Gasteiger charge is -2.19. The third kappa shape index (κ3) is 4.49. The van der Waals surface area contributed by atoms with E-state index in [9.17, 15) is 5.26 Å². The molecule has 5 rings (SSSR count). The molecule has 0 bridgehead atoms. The van der Waals surface area contributed by atoms with Crippen LogP contribution < -0.4 is 9.64 Å². The van der Waals surface area contributed by atoms with Crippen molar-refractivity contribution in [2.45, 2.75) is 26.7 Å². The molecule has 168 valence electrons. The summed E-state index contributed by atoms with van der Waals surface area (Å²) in [5.74, 6) is 1.80. The quantitative estimate of drug-likeness (QED) is 0.452. The summed E-state index contributed by atoms with van der Waals surface area (Å²) in [6.45, 7) is 6.09. The van der Waals surface area contributed by atoms with E-state index in [1.54, 1.807) is 0 Å². The summed E-state index contributed by atoms with van der Waals surface area (Å²) < 4.78 is 6.15. The van der Waals surface area contributed by atoms with E-state index in [0.29, 0.717) is 22.9 Å². The van der Waals surface area contributed by atoms with Gasteiger partial charge in [0.2, 0.25) is 0 Å². The summed E-state index contributed by atoms with van der Waals surface area (Å²) in [6.07, 6.45) is 8.41. The fraction of sp³-hybridized carbons (Fsp3) is 0.207. The molecule has 0 unspecified atom stereocenters. The van der Waals surface area contributed by atoms with Gasteiger partial charge >= 0.3 is 0 Å². The standard InChI is InChI=1S/C29H26N4O/c1-20-17-21(2)32-29(31-20)27(19-30)26-18-24(34-28-8-4-3-7-25(26)28)14-11-22-9-12-23(13-10-22)33-15-5-6-16-33/h3-4,7-14,17-18H,5-6,15-16H2,1-2H3/b14-11?,27-26-. The van der Waals surface area contributed by atoms with Crippen LogP contribution in [0, 0.1) is 25.2 Å². The van der Waals surface area contributed by atoms with Crippen LogP contribution in [0.5, 0.6) is 5.75 Å². The number of nitriles is 1. The largest absolute Gasteiger partial charge is 0.457 e. The Kier molecular flexibility index (Phi) is 5.97. The van der Waals surface area contributed by atoms with Crippen LogP contribution in [0.1, 0.15) is 41.2 Å². The number of allylic oxidation sites excluding steroid dienone is 4. The molecule has 0 N–H and O–H groups in total. The number of benzene rings is 2. The molecule has 0 radical (unpaired) electrons. The maximum atomic E-state index is 10.1. The molecule has 0 atom stereocenters. The minimum Gasteiger partial charge on any atom is -0.457 e. The lowest BCUT2D eigenvalue weighted by Crippen LogP contribution is -2.17. The maximum absolute atomic E-state index is 10.1. The SMILES string of the molecule is Cc1cc(C)nc(/C(C#N)=C2/C=C(C=Cc3ccc(N4CCCC4)cc3)Oc3ccccc32)n1. The molecule has 0 amide bonds. The molecule has 0 spiro atoms. The van der Waals surface area contributed by atoms with Gasteiger partial charge in [-0.05, 0) is 68.7 Å². The van der Waals surface area contributed by atoms with Crippen molar-refractivity contribution in [3.05, 3.63) is 101 Å². The van der Waals surface area contributed by atoms with Gasteiger partial charge in [0.15, 0.2) is 5.82 Å². The maximum Gasteiger partial charge on any atom is 0.171 e. The number of para-hydroxylation sites is 1. The van der Waals surface area contributed by atoms with E-state index in [1.165, 1.54) is 18.5 Å². The summed E-state index contributed by atoms with van der Waals surface area (Å²) in [5.41, 5.74) is 6.08. The fourth-order valence-electron chi connectivity index (χ4n) is 4.46. The van der Waals surface area contributed by atoms with E-state index in [-0.39, 0.29) is 0 Å². The molecule has 5 nitrogen and oxygen atoms in total. The van der Waals surface area contributed by atoms with E-state index < -0.39 is 0 Å². The number of ether oxygens (including phenoxy) is 1. The van der Waals surface area contributed by atoms with Gasteiger partial charge in [-0.15, -0.1) is 0 Å². The molecule has 1 saturated heterocycles. The van der Waals surface area contributed by atoms with Gasteiger partial charge in [0.05, 0.1) is 0 Å².